The molecule has 12 heteroatoms. The first-order valence-electron chi connectivity index (χ1n) is 20.7. The fraction of sp³-hybridized carbons (Fsp3) is 0.762. The Labute approximate surface area is 337 Å². The molecule has 0 radical (unpaired) electrons. The van der Waals surface area contributed by atoms with Gasteiger partial charge in [-0.05, 0) is 116 Å². The Balaban J connectivity index is 1.30. The van der Waals surface area contributed by atoms with Crippen LogP contribution in [0.4, 0.5) is 0 Å². The molecule has 3 fully saturated rings. The molecule has 3 saturated carbocycles. The summed E-state index contributed by atoms with van der Waals surface area (Å²) >= 11 is 0. The van der Waals surface area contributed by atoms with Gasteiger partial charge in [0.15, 0.2) is 11.7 Å². The van der Waals surface area contributed by atoms with Gasteiger partial charge in [0.25, 0.3) is 0 Å². The number of carbonyl (C=O) groups is 1. The second-order valence-electron chi connectivity index (χ2n) is 17.9. The van der Waals surface area contributed by atoms with Crippen LogP contribution < -0.4 is 11.1 Å². The minimum absolute atomic E-state index is 0.0322. The van der Waals surface area contributed by atoms with Crippen molar-refractivity contribution in [2.24, 2.45) is 51.1 Å². The Bertz CT molecular complexity index is 1640. The largest absolute Gasteiger partial charge is 0.396 e. The second-order valence-corrected chi connectivity index (χ2v) is 23.4. The highest BCUT2D eigenvalue weighted by Crippen LogP contribution is 2.76. The molecule has 0 aromatic heterocycles. The van der Waals surface area contributed by atoms with Crippen LogP contribution in [0.15, 0.2) is 34.3 Å². The van der Waals surface area contributed by atoms with Crippen molar-refractivity contribution in [2.45, 2.75) is 119 Å². The van der Waals surface area contributed by atoms with Crippen molar-refractivity contribution in [1.82, 2.24) is 5.32 Å². The summed E-state index contributed by atoms with van der Waals surface area (Å²) in [6.45, 7) is 3.40. The molecule has 298 valence electrons. The number of ketones is 1. The molecule has 8 nitrogen and oxygen atoms in total. The highest BCUT2D eigenvalue weighted by atomic mass is 33.1. The van der Waals surface area contributed by atoms with Gasteiger partial charge in [-0.25, -0.2) is 0 Å². The van der Waals surface area contributed by atoms with Gasteiger partial charge >= 0.3 is 0 Å². The Morgan fingerprint density at radius 2 is 1.83 bits per heavy atom. The highest BCUT2D eigenvalue weighted by molar-refractivity contribution is 8.77. The summed E-state index contributed by atoms with van der Waals surface area (Å²) in [5, 5.41) is 46.0. The van der Waals surface area contributed by atoms with E-state index in [1.54, 1.807) is 10.8 Å². The number of nitrogens with zero attached hydrogens (tertiary/aromatic N) is 1. The summed E-state index contributed by atoms with van der Waals surface area (Å²) in [5.74, 6) is 3.80. The molecule has 1 aromatic rings. The average molecular weight is 816 g/mol. The van der Waals surface area contributed by atoms with Crippen LogP contribution in [0.25, 0.3) is 0 Å². The maximum absolute atomic E-state index is 14.8. The third kappa shape index (κ3) is 6.45. The van der Waals surface area contributed by atoms with E-state index in [1.165, 1.54) is 24.8 Å². The number of allylic oxidation sites excluding steroid dienone is 2. The molecule has 0 saturated heterocycles. The molecule has 9 unspecified atom stereocenters. The maximum Gasteiger partial charge on any atom is 0.189 e. The van der Waals surface area contributed by atoms with Gasteiger partial charge in [-0.15, -0.1) is 0 Å². The Hall–Kier alpha value is -0.860. The number of fused-ring (bicyclic) bond motifs is 3. The number of nitrogens with one attached hydrogen (secondary N) is 1. The van der Waals surface area contributed by atoms with Crippen molar-refractivity contribution >= 4 is 54.9 Å². The number of carbonyl (C=O) groups excluding carboxylic acids is 1. The zero-order valence-electron chi connectivity index (χ0n) is 31.9. The number of hydrogen-bond donors (Lipinski definition) is 6. The van der Waals surface area contributed by atoms with Crippen molar-refractivity contribution in [2.75, 3.05) is 37.9 Å². The van der Waals surface area contributed by atoms with Crippen molar-refractivity contribution in [3.05, 3.63) is 46.0 Å². The lowest BCUT2D eigenvalue weighted by Gasteiger charge is -2.58. The highest BCUT2D eigenvalue weighted by Gasteiger charge is 2.70. The number of guanidine groups is 1. The van der Waals surface area contributed by atoms with Crippen LogP contribution in [-0.4, -0.2) is 80.3 Å². The molecule has 0 amide bonds. The topological polar surface area (TPSA) is 148 Å². The summed E-state index contributed by atoms with van der Waals surface area (Å²) in [7, 11) is 7.74. The molecule has 3 heterocycles. The minimum atomic E-state index is -0.381. The Morgan fingerprint density at radius 1 is 1.00 bits per heavy atom. The molecule has 8 rings (SSSR count). The number of hydrogen-bond acceptors (Lipinski definition) is 12. The van der Waals surface area contributed by atoms with Crippen LogP contribution in [-0.2, 0) is 17.8 Å². The smallest absolute Gasteiger partial charge is 0.189 e. The van der Waals surface area contributed by atoms with E-state index in [0.717, 1.165) is 91.6 Å². The van der Waals surface area contributed by atoms with E-state index in [4.69, 9.17) is 10.7 Å². The van der Waals surface area contributed by atoms with Crippen LogP contribution in [0.1, 0.15) is 112 Å². The molecule has 1 aromatic carbocycles. The number of benzene rings is 1. The predicted molar refractivity (Wildman–Crippen MR) is 225 cm³/mol. The van der Waals surface area contributed by atoms with Gasteiger partial charge in [-0.2, -0.15) is 0 Å². The molecular formula is C42H61N3O5S4. The first-order chi connectivity index (χ1) is 26.2. The van der Waals surface area contributed by atoms with Gasteiger partial charge in [-0.3, -0.25) is 9.79 Å². The van der Waals surface area contributed by atoms with Gasteiger partial charge in [0.2, 0.25) is 0 Å². The van der Waals surface area contributed by atoms with Gasteiger partial charge < -0.3 is 31.5 Å². The third-order valence-corrected chi connectivity index (χ3v) is 22.0. The maximum atomic E-state index is 14.8. The summed E-state index contributed by atoms with van der Waals surface area (Å²) in [4.78, 5) is 19.7. The molecule has 9 bridgehead atoms. The summed E-state index contributed by atoms with van der Waals surface area (Å²) < 4.78 is -0.0967. The average Bonchev–Trinajstić information content (AvgIpc) is 3.50. The zero-order chi connectivity index (χ0) is 37.7. The second kappa shape index (κ2) is 16.1. The molecular weight excluding hydrogens is 755 g/mol. The Kier molecular flexibility index (Phi) is 11.9. The van der Waals surface area contributed by atoms with E-state index >= 15 is 0 Å². The van der Waals surface area contributed by atoms with Crippen LogP contribution in [0, 0.1) is 40.4 Å². The summed E-state index contributed by atoms with van der Waals surface area (Å²) in [5.41, 5.74) is 11.8. The number of aliphatic hydroxyl groups is 4. The molecule has 4 aliphatic carbocycles. The van der Waals surface area contributed by atoms with E-state index in [-0.39, 0.29) is 76.5 Å². The molecule has 3 aliphatic heterocycles. The first kappa shape index (κ1) is 39.9. The Morgan fingerprint density at radius 3 is 2.59 bits per heavy atom. The first-order valence-corrected chi connectivity index (χ1v) is 25.4. The van der Waals surface area contributed by atoms with Crippen LogP contribution >= 0.6 is 43.2 Å². The van der Waals surface area contributed by atoms with Gasteiger partial charge in [0.1, 0.15) is 0 Å². The van der Waals surface area contributed by atoms with E-state index < -0.39 is 0 Å². The van der Waals surface area contributed by atoms with E-state index in [1.807, 2.05) is 21.6 Å². The van der Waals surface area contributed by atoms with E-state index in [9.17, 15) is 25.2 Å². The number of aliphatic imine (C=N–C) groups is 1. The summed E-state index contributed by atoms with van der Waals surface area (Å²) in [6.07, 6.45) is 13.3. The molecule has 54 heavy (non-hydrogen) atoms. The van der Waals surface area contributed by atoms with E-state index in [2.05, 4.69) is 41.2 Å². The third-order valence-electron chi connectivity index (χ3n) is 15.7. The van der Waals surface area contributed by atoms with Crippen molar-refractivity contribution in [3.63, 3.8) is 0 Å². The zero-order valence-corrected chi connectivity index (χ0v) is 35.2. The fourth-order valence-corrected chi connectivity index (χ4v) is 19.8. The van der Waals surface area contributed by atoms with E-state index in [0.29, 0.717) is 37.0 Å². The number of rotatable bonds is 6. The van der Waals surface area contributed by atoms with Crippen LogP contribution in [0.3, 0.4) is 0 Å². The van der Waals surface area contributed by atoms with Crippen molar-refractivity contribution in [1.29, 1.82) is 0 Å². The van der Waals surface area contributed by atoms with Crippen molar-refractivity contribution < 1.29 is 25.2 Å². The molecule has 3 spiro atoms. The van der Waals surface area contributed by atoms with Crippen molar-refractivity contribution in [3.8, 4) is 0 Å². The number of aliphatic hydroxyl groups excluding tert-OH is 4. The van der Waals surface area contributed by atoms with Gasteiger partial charge in [-0.1, -0.05) is 93.1 Å². The molecule has 7 aliphatic rings. The standard InChI is InChI=1S/C42H61N3O5S4/c1-39-11-13-51-54-40(9-3-2-4-10-40)42-19-26(14-33-35-18-31(39)17-30(23-48)34(6-5-12-46)41(35,39)20-36(33)50)25-52-53-37(24-49)27-7-8-28(22-47)29(15-27)16-32(42)21-44-38(43)45-42/h7-8,15,26,30-32,34,37,46-49H,2-6,9-14,16-25H2,1H3,(H3,43,44,45). The van der Waals surface area contributed by atoms with Crippen LogP contribution in [0.5, 0.6) is 0 Å². The molecule has 9 atom stereocenters. The SMILES string of the molecule is CC12CCSSC3(CCCCC3)C34CC(CSSC(CO)c5ccc(CO)c(c5)CC3CN=C(N)N4)CC3=C4CC1CC(CO)C(CCCO)C42CC3=O. The lowest BCUT2D eigenvalue weighted by atomic mass is 9.47. The van der Waals surface area contributed by atoms with Crippen LogP contribution in [0.2, 0.25) is 0 Å². The fourth-order valence-electron chi connectivity index (χ4n) is 13.1. The number of nitrogens with two attached hydrogens (primary N) is 1. The summed E-state index contributed by atoms with van der Waals surface area (Å²) in [6, 6.07) is 6.36. The van der Waals surface area contributed by atoms with Gasteiger partial charge in [0.05, 0.1) is 24.0 Å². The lowest BCUT2D eigenvalue weighted by Crippen LogP contribution is -2.71. The lowest BCUT2D eigenvalue weighted by molar-refractivity contribution is -0.125. The monoisotopic (exact) mass is 815 g/mol. The number of Topliss-reactive ketones (excluding diaryl/α,β-unsaturated/α-hetero) is 1. The van der Waals surface area contributed by atoms with Gasteiger partial charge in [0, 0.05) is 53.8 Å². The normalized spacial score (nSPS) is 39.3. The predicted octanol–water partition coefficient (Wildman–Crippen LogP) is 6.99. The molecule has 7 N–H and O–H groups in total. The quantitative estimate of drug-likeness (QED) is 0.165. The minimum Gasteiger partial charge on any atom is -0.396 e.